The molecule has 2 aromatic carbocycles. The number of nitrogens with one attached hydrogen (secondary N) is 2. The summed E-state index contributed by atoms with van der Waals surface area (Å²) in [5.41, 5.74) is 7.89. The topological polar surface area (TPSA) is 36.4 Å². The van der Waals surface area contributed by atoms with Gasteiger partial charge < -0.3 is 5.43 Å². The van der Waals surface area contributed by atoms with Crippen molar-refractivity contribution < 1.29 is 0 Å². The fraction of sp³-hybridized carbons (Fsp3) is 0.150. The van der Waals surface area contributed by atoms with E-state index in [0.29, 0.717) is 5.92 Å². The van der Waals surface area contributed by atoms with Crippen molar-refractivity contribution in [1.29, 1.82) is 0 Å². The van der Waals surface area contributed by atoms with Crippen LogP contribution in [-0.2, 0) is 0 Å². The highest BCUT2D eigenvalue weighted by atomic mass is 32.1. The number of fused-ring (bicyclic) bond motifs is 3. The van der Waals surface area contributed by atoms with Gasteiger partial charge in [-0.1, -0.05) is 60.7 Å². The molecule has 4 heteroatoms. The molecule has 2 atom stereocenters. The van der Waals surface area contributed by atoms with E-state index in [1.807, 2.05) is 11.3 Å². The second-order valence-electron chi connectivity index (χ2n) is 6.16. The Hall–Kier alpha value is -2.43. The van der Waals surface area contributed by atoms with Gasteiger partial charge in [0, 0.05) is 31.7 Å². The highest BCUT2D eigenvalue weighted by Crippen LogP contribution is 2.38. The quantitative estimate of drug-likeness (QED) is 0.714. The molecule has 0 saturated carbocycles. The Morgan fingerprint density at radius 1 is 1.00 bits per heavy atom. The summed E-state index contributed by atoms with van der Waals surface area (Å²) in [5, 5.41) is 2.65. The number of hydrogen-bond acceptors (Lipinski definition) is 4. The van der Waals surface area contributed by atoms with Crippen molar-refractivity contribution in [2.45, 2.75) is 12.6 Å². The smallest absolute Gasteiger partial charge is 0.145 e. The van der Waals surface area contributed by atoms with E-state index in [9.17, 15) is 0 Å². The third kappa shape index (κ3) is 2.19. The van der Waals surface area contributed by atoms with Gasteiger partial charge in [-0.05, 0) is 12.5 Å². The van der Waals surface area contributed by atoms with E-state index < -0.39 is 0 Å². The Bertz CT molecular complexity index is 1010. The molecule has 1 aliphatic carbocycles. The minimum absolute atomic E-state index is 0.0314. The van der Waals surface area contributed by atoms with Crippen molar-refractivity contribution in [1.82, 2.24) is 10.9 Å². The summed E-state index contributed by atoms with van der Waals surface area (Å²) < 4.78 is 2.65. The van der Waals surface area contributed by atoms with Crippen molar-refractivity contribution in [3.63, 3.8) is 0 Å². The molecule has 1 aromatic heterocycles. The standard InChI is InChI=1S/C20H17N3S/c1-2-7-13(8-3-1)19-21-20(23-22-19)16-11-6-10-15-14-9-4-5-12-17(14)24-18(15)16/h1-7,9-13,20,23H,8H2,(H,21,22). The van der Waals surface area contributed by atoms with Gasteiger partial charge in [0.25, 0.3) is 0 Å². The van der Waals surface area contributed by atoms with Crippen LogP contribution in [0, 0.1) is 5.92 Å². The Morgan fingerprint density at radius 2 is 1.92 bits per heavy atom. The number of benzene rings is 2. The van der Waals surface area contributed by atoms with Gasteiger partial charge in [0.1, 0.15) is 12.0 Å². The third-order valence-electron chi connectivity index (χ3n) is 4.67. The molecule has 0 bridgehead atoms. The summed E-state index contributed by atoms with van der Waals surface area (Å²) in [6, 6.07) is 15.1. The predicted octanol–water partition coefficient (Wildman–Crippen LogP) is 4.69. The maximum atomic E-state index is 4.92. The number of nitrogens with zero attached hydrogens (tertiary/aromatic N) is 1. The fourth-order valence-electron chi connectivity index (χ4n) is 3.45. The molecule has 3 aromatic rings. The lowest BCUT2D eigenvalue weighted by Gasteiger charge is -2.12. The van der Waals surface area contributed by atoms with E-state index in [4.69, 9.17) is 4.99 Å². The van der Waals surface area contributed by atoms with E-state index in [-0.39, 0.29) is 6.17 Å². The molecule has 1 aliphatic heterocycles. The van der Waals surface area contributed by atoms with Gasteiger partial charge in [0.2, 0.25) is 0 Å². The lowest BCUT2D eigenvalue weighted by molar-refractivity contribution is 0.576. The van der Waals surface area contributed by atoms with Gasteiger partial charge in [0.15, 0.2) is 0 Å². The Morgan fingerprint density at radius 3 is 2.83 bits per heavy atom. The van der Waals surface area contributed by atoms with Crippen LogP contribution in [0.4, 0.5) is 0 Å². The first-order chi connectivity index (χ1) is 11.9. The highest BCUT2D eigenvalue weighted by Gasteiger charge is 2.24. The fourth-order valence-corrected chi connectivity index (χ4v) is 4.69. The predicted molar refractivity (Wildman–Crippen MR) is 102 cm³/mol. The second-order valence-corrected chi connectivity index (χ2v) is 7.22. The first kappa shape index (κ1) is 14.0. The molecule has 118 valence electrons. The van der Waals surface area contributed by atoms with E-state index in [1.165, 1.54) is 25.7 Å². The minimum atomic E-state index is -0.0314. The summed E-state index contributed by atoms with van der Waals surface area (Å²) in [4.78, 5) is 4.92. The van der Waals surface area contributed by atoms with Gasteiger partial charge in [-0.3, -0.25) is 0 Å². The number of aliphatic imine (C=N–C) groups is 1. The van der Waals surface area contributed by atoms with Crippen molar-refractivity contribution in [2.24, 2.45) is 10.9 Å². The normalized spacial score (nSPS) is 22.9. The number of thiophene rings is 1. The molecule has 2 unspecified atom stereocenters. The number of hydrogen-bond donors (Lipinski definition) is 2. The minimum Gasteiger partial charge on any atom is -0.307 e. The van der Waals surface area contributed by atoms with Gasteiger partial charge in [0.05, 0.1) is 0 Å². The Kier molecular flexibility index (Phi) is 3.25. The van der Waals surface area contributed by atoms with Crippen LogP contribution in [-0.4, -0.2) is 5.84 Å². The Labute approximate surface area is 144 Å². The molecule has 3 nitrogen and oxygen atoms in total. The molecule has 0 radical (unpaired) electrons. The summed E-state index contributed by atoms with van der Waals surface area (Å²) in [6.07, 6.45) is 9.55. The average Bonchev–Trinajstić information content (AvgIpc) is 3.27. The maximum Gasteiger partial charge on any atom is 0.145 e. The van der Waals surface area contributed by atoms with E-state index in [0.717, 1.165) is 12.3 Å². The summed E-state index contributed by atoms with van der Waals surface area (Å²) in [5.74, 6) is 1.37. The summed E-state index contributed by atoms with van der Waals surface area (Å²) >= 11 is 1.85. The van der Waals surface area contributed by atoms with E-state index in [1.54, 1.807) is 0 Å². The van der Waals surface area contributed by atoms with Crippen molar-refractivity contribution in [3.8, 4) is 0 Å². The van der Waals surface area contributed by atoms with Gasteiger partial charge in [-0.25, -0.2) is 10.4 Å². The number of amidine groups is 1. The molecular formula is C20H17N3S. The monoisotopic (exact) mass is 331 g/mol. The maximum absolute atomic E-state index is 4.92. The van der Waals surface area contributed by atoms with Crippen LogP contribution in [0.3, 0.4) is 0 Å². The zero-order valence-corrected chi connectivity index (χ0v) is 13.9. The first-order valence-corrected chi connectivity index (χ1v) is 9.04. The lowest BCUT2D eigenvalue weighted by atomic mass is 10.00. The summed E-state index contributed by atoms with van der Waals surface area (Å²) in [6.45, 7) is 0. The van der Waals surface area contributed by atoms with Crippen molar-refractivity contribution in [2.75, 3.05) is 0 Å². The van der Waals surface area contributed by atoms with E-state index >= 15 is 0 Å². The molecule has 2 heterocycles. The van der Waals surface area contributed by atoms with Crippen LogP contribution in [0.15, 0.2) is 71.8 Å². The van der Waals surface area contributed by atoms with E-state index in [2.05, 4.69) is 77.6 Å². The van der Waals surface area contributed by atoms with Crippen molar-refractivity contribution in [3.05, 3.63) is 72.3 Å². The molecule has 5 rings (SSSR count). The van der Waals surface area contributed by atoms with Crippen LogP contribution in [0.5, 0.6) is 0 Å². The van der Waals surface area contributed by atoms with Gasteiger partial charge >= 0.3 is 0 Å². The molecule has 0 fully saturated rings. The van der Waals surface area contributed by atoms with Crippen molar-refractivity contribution >= 4 is 37.3 Å². The molecule has 0 spiro atoms. The molecule has 2 aliphatic rings. The molecular weight excluding hydrogens is 314 g/mol. The first-order valence-electron chi connectivity index (χ1n) is 8.23. The number of allylic oxidation sites excluding steroid dienone is 3. The van der Waals surface area contributed by atoms with Gasteiger partial charge in [-0.15, -0.1) is 11.3 Å². The number of rotatable bonds is 2. The molecule has 0 saturated heterocycles. The number of hydrazine groups is 1. The molecule has 2 N–H and O–H groups in total. The highest BCUT2D eigenvalue weighted by molar-refractivity contribution is 7.26. The van der Waals surface area contributed by atoms with Gasteiger partial charge in [-0.2, -0.15) is 0 Å². The largest absolute Gasteiger partial charge is 0.307 e. The zero-order chi connectivity index (χ0) is 15.9. The summed E-state index contributed by atoms with van der Waals surface area (Å²) in [7, 11) is 0. The lowest BCUT2D eigenvalue weighted by Crippen LogP contribution is -2.35. The molecule has 0 amide bonds. The third-order valence-corrected chi connectivity index (χ3v) is 5.90. The van der Waals surface area contributed by atoms with Crippen LogP contribution >= 0.6 is 11.3 Å². The second kappa shape index (κ2) is 5.58. The zero-order valence-electron chi connectivity index (χ0n) is 13.1. The SMILES string of the molecule is C1=CCC(C2=NC(c3cccc4c3sc3ccccc34)NN2)C=C1. The van der Waals surface area contributed by atoms with Crippen LogP contribution in [0.2, 0.25) is 0 Å². The Balaban J connectivity index is 1.58. The van der Waals surface area contributed by atoms with Crippen LogP contribution in [0.25, 0.3) is 20.2 Å². The van der Waals surface area contributed by atoms with Crippen LogP contribution in [0.1, 0.15) is 18.2 Å². The molecule has 24 heavy (non-hydrogen) atoms. The van der Waals surface area contributed by atoms with Crippen LogP contribution < -0.4 is 10.9 Å². The average molecular weight is 331 g/mol.